The van der Waals surface area contributed by atoms with Crippen LogP contribution in [-0.4, -0.2) is 23.4 Å². The highest BCUT2D eigenvalue weighted by Crippen LogP contribution is 2.51. The molecule has 1 amide bonds. The van der Waals surface area contributed by atoms with E-state index in [9.17, 15) is 9.59 Å². The lowest BCUT2D eigenvalue weighted by atomic mass is 10.1. The highest BCUT2D eigenvalue weighted by molar-refractivity contribution is 8.20. The predicted molar refractivity (Wildman–Crippen MR) is 142 cm³/mol. The molecule has 0 aromatic heterocycles. The number of thioether (sulfide) groups is 2. The number of nitrogens with zero attached hydrogens (tertiary/aromatic N) is 3. The molecule has 0 bridgehead atoms. The van der Waals surface area contributed by atoms with Crippen molar-refractivity contribution >= 4 is 57.4 Å². The van der Waals surface area contributed by atoms with E-state index in [0.29, 0.717) is 21.3 Å². The SMILES string of the molecule is CCN1/C(=C2/SC(=Nc3cccc(C(C)=O)c3)N(c3cccc(C)c3)C2=O)Sc2ccccc21. The van der Waals surface area contributed by atoms with Gasteiger partial charge >= 0.3 is 0 Å². The van der Waals surface area contributed by atoms with Gasteiger partial charge in [0.05, 0.1) is 17.1 Å². The van der Waals surface area contributed by atoms with Crippen molar-refractivity contribution < 1.29 is 9.59 Å². The number of amidine groups is 1. The molecule has 34 heavy (non-hydrogen) atoms. The maximum Gasteiger partial charge on any atom is 0.274 e. The molecule has 170 valence electrons. The third kappa shape index (κ3) is 4.06. The molecule has 0 saturated carbocycles. The van der Waals surface area contributed by atoms with E-state index < -0.39 is 0 Å². The number of benzene rings is 3. The van der Waals surface area contributed by atoms with Crippen molar-refractivity contribution in [2.24, 2.45) is 4.99 Å². The van der Waals surface area contributed by atoms with E-state index in [1.54, 1.807) is 28.8 Å². The summed E-state index contributed by atoms with van der Waals surface area (Å²) in [5.41, 5.74) is 4.19. The van der Waals surface area contributed by atoms with Gasteiger partial charge in [0.25, 0.3) is 5.91 Å². The van der Waals surface area contributed by atoms with Crippen molar-refractivity contribution in [3.05, 3.63) is 93.9 Å². The van der Waals surface area contributed by atoms with E-state index in [1.807, 2.05) is 55.5 Å². The zero-order valence-corrected chi connectivity index (χ0v) is 20.7. The summed E-state index contributed by atoms with van der Waals surface area (Å²) in [6.07, 6.45) is 0. The summed E-state index contributed by atoms with van der Waals surface area (Å²) >= 11 is 3.00. The molecule has 1 fully saturated rings. The van der Waals surface area contributed by atoms with Crippen LogP contribution in [0.15, 0.2) is 92.6 Å². The quantitative estimate of drug-likeness (QED) is 0.302. The summed E-state index contributed by atoms with van der Waals surface area (Å²) in [7, 11) is 0. The molecule has 0 radical (unpaired) electrons. The molecule has 5 nitrogen and oxygen atoms in total. The zero-order chi connectivity index (χ0) is 23.8. The van der Waals surface area contributed by atoms with Crippen LogP contribution in [0.4, 0.5) is 17.1 Å². The van der Waals surface area contributed by atoms with Crippen LogP contribution in [0.5, 0.6) is 0 Å². The minimum absolute atomic E-state index is 0.0192. The molecule has 2 aliphatic rings. The predicted octanol–water partition coefficient (Wildman–Crippen LogP) is 6.77. The fraction of sp³-hybridized carbons (Fsp3) is 0.148. The molecular weight excluding hydrogens is 462 g/mol. The Morgan fingerprint density at radius 2 is 1.76 bits per heavy atom. The summed E-state index contributed by atoms with van der Waals surface area (Å²) in [6.45, 7) is 6.39. The van der Waals surface area contributed by atoms with E-state index in [1.165, 1.54) is 18.7 Å². The van der Waals surface area contributed by atoms with Crippen molar-refractivity contribution in [3.8, 4) is 0 Å². The minimum atomic E-state index is -0.0918. The van der Waals surface area contributed by atoms with Gasteiger partial charge in [-0.2, -0.15) is 0 Å². The number of fused-ring (bicyclic) bond motifs is 1. The fourth-order valence-corrected chi connectivity index (χ4v) is 6.39. The summed E-state index contributed by atoms with van der Waals surface area (Å²) in [6, 6.07) is 23.3. The van der Waals surface area contributed by atoms with Crippen LogP contribution in [0.25, 0.3) is 0 Å². The van der Waals surface area contributed by atoms with Crippen LogP contribution in [0.1, 0.15) is 29.8 Å². The number of carbonyl (C=O) groups is 2. The van der Waals surface area contributed by atoms with Crippen LogP contribution in [0.3, 0.4) is 0 Å². The van der Waals surface area contributed by atoms with Crippen LogP contribution in [0.2, 0.25) is 0 Å². The molecule has 3 aromatic carbocycles. The largest absolute Gasteiger partial charge is 0.334 e. The van der Waals surface area contributed by atoms with E-state index >= 15 is 0 Å². The average molecular weight is 486 g/mol. The first-order valence-electron chi connectivity index (χ1n) is 11.0. The Morgan fingerprint density at radius 1 is 0.971 bits per heavy atom. The van der Waals surface area contributed by atoms with Crippen molar-refractivity contribution in [1.82, 2.24) is 0 Å². The van der Waals surface area contributed by atoms with E-state index in [0.717, 1.165) is 33.4 Å². The van der Waals surface area contributed by atoms with Gasteiger partial charge in [0.15, 0.2) is 11.0 Å². The number of hydrogen-bond acceptors (Lipinski definition) is 6. The number of para-hydroxylation sites is 1. The number of amides is 1. The number of Topliss-reactive ketones (excluding diaryl/α,β-unsaturated/α-hetero) is 1. The second kappa shape index (κ2) is 9.16. The van der Waals surface area contributed by atoms with E-state index in [-0.39, 0.29) is 11.7 Å². The van der Waals surface area contributed by atoms with Gasteiger partial charge in [0.1, 0.15) is 9.93 Å². The van der Waals surface area contributed by atoms with Gasteiger partial charge in [-0.05, 0) is 74.5 Å². The fourth-order valence-electron chi connectivity index (χ4n) is 3.99. The highest BCUT2D eigenvalue weighted by atomic mass is 32.2. The Bertz CT molecular complexity index is 1380. The van der Waals surface area contributed by atoms with Crippen LogP contribution in [-0.2, 0) is 4.79 Å². The van der Waals surface area contributed by atoms with Crippen molar-refractivity contribution in [2.45, 2.75) is 25.7 Å². The number of hydrogen-bond donors (Lipinski definition) is 0. The van der Waals surface area contributed by atoms with E-state index in [2.05, 4.69) is 24.0 Å². The first-order chi connectivity index (χ1) is 16.5. The molecule has 3 aromatic rings. The molecule has 0 aliphatic carbocycles. The van der Waals surface area contributed by atoms with Gasteiger partial charge in [-0.25, -0.2) is 4.99 Å². The lowest BCUT2D eigenvalue weighted by Gasteiger charge is -2.19. The molecule has 0 unspecified atom stereocenters. The second-order valence-corrected chi connectivity index (χ2v) is 10.0. The number of ketones is 1. The monoisotopic (exact) mass is 485 g/mol. The topological polar surface area (TPSA) is 53.0 Å². The number of aryl methyl sites for hydroxylation is 1. The summed E-state index contributed by atoms with van der Waals surface area (Å²) < 4.78 is 0. The maximum absolute atomic E-state index is 13.9. The Kier molecular flexibility index (Phi) is 6.06. The third-order valence-corrected chi connectivity index (χ3v) is 7.98. The molecule has 0 spiro atoms. The third-order valence-electron chi connectivity index (χ3n) is 5.64. The minimum Gasteiger partial charge on any atom is -0.334 e. The van der Waals surface area contributed by atoms with Crippen molar-refractivity contribution in [3.63, 3.8) is 0 Å². The number of aliphatic imine (C=N–C) groups is 1. The lowest BCUT2D eigenvalue weighted by Crippen LogP contribution is -2.29. The van der Waals surface area contributed by atoms with Gasteiger partial charge in [-0.15, -0.1) is 0 Å². The first-order valence-corrected chi connectivity index (χ1v) is 12.7. The standard InChI is InChI=1S/C27H23N3O2S2/c1-4-29-22-13-5-6-14-23(22)33-26(29)24-25(32)30(21-12-7-9-17(2)15-21)27(34-24)28-20-11-8-10-19(16-20)18(3)31/h5-16H,4H2,1-3H3/b26-24-,28-27?. The van der Waals surface area contributed by atoms with Gasteiger partial charge in [0, 0.05) is 17.0 Å². The summed E-state index contributed by atoms with van der Waals surface area (Å²) in [5, 5.41) is 1.51. The molecule has 2 aliphatic heterocycles. The smallest absolute Gasteiger partial charge is 0.274 e. The zero-order valence-electron chi connectivity index (χ0n) is 19.1. The lowest BCUT2D eigenvalue weighted by molar-refractivity contribution is -0.113. The maximum atomic E-state index is 13.9. The Labute approximate surface area is 207 Å². The second-order valence-electron chi connectivity index (χ2n) is 8.03. The Hall–Kier alpha value is -3.29. The van der Waals surface area contributed by atoms with Crippen LogP contribution >= 0.6 is 23.5 Å². The van der Waals surface area contributed by atoms with Gasteiger partial charge in [0.2, 0.25) is 0 Å². The molecule has 2 heterocycles. The highest BCUT2D eigenvalue weighted by Gasteiger charge is 2.40. The van der Waals surface area contributed by atoms with Gasteiger partial charge < -0.3 is 4.90 Å². The average Bonchev–Trinajstić information content (AvgIpc) is 3.36. The molecule has 1 saturated heterocycles. The molecule has 5 rings (SSSR count). The van der Waals surface area contributed by atoms with Crippen molar-refractivity contribution in [1.29, 1.82) is 0 Å². The Morgan fingerprint density at radius 3 is 2.53 bits per heavy atom. The number of carbonyl (C=O) groups excluding carboxylic acids is 2. The van der Waals surface area contributed by atoms with E-state index in [4.69, 9.17) is 4.99 Å². The molecule has 7 heteroatoms. The van der Waals surface area contributed by atoms with Gasteiger partial charge in [-0.3, -0.25) is 14.5 Å². The molecule has 0 atom stereocenters. The summed E-state index contributed by atoms with van der Waals surface area (Å²) in [4.78, 5) is 36.2. The summed E-state index contributed by atoms with van der Waals surface area (Å²) in [5.74, 6) is -0.111. The number of anilines is 2. The van der Waals surface area contributed by atoms with Gasteiger partial charge in [-0.1, -0.05) is 48.2 Å². The number of rotatable bonds is 4. The normalized spacial score (nSPS) is 18.7. The van der Waals surface area contributed by atoms with Crippen molar-refractivity contribution in [2.75, 3.05) is 16.3 Å². The van der Waals surface area contributed by atoms with Crippen LogP contribution < -0.4 is 9.80 Å². The van der Waals surface area contributed by atoms with Crippen LogP contribution in [0, 0.1) is 6.92 Å². The first kappa shape index (κ1) is 22.5. The Balaban J connectivity index is 1.64. The molecule has 0 N–H and O–H groups in total. The molecular formula is C27H23N3O2S2.